The van der Waals surface area contributed by atoms with Gasteiger partial charge in [-0.2, -0.15) is 4.98 Å². The van der Waals surface area contributed by atoms with E-state index in [9.17, 15) is 0 Å². The molecule has 0 amide bonds. The molecule has 0 aliphatic heterocycles. The molecule has 4 nitrogen and oxygen atoms in total. The standard InChI is InChI=1S/C17H24N4/c1-3-7-12-11-15(12)19-16-13-8-5-6-9-14(13)20-17(21-16)18-10-4-2/h5-6,8-9,12,15H,3-4,7,10-11H2,1-2H3,(H2,18,19,20,21). The van der Waals surface area contributed by atoms with Crippen LogP contribution in [0.5, 0.6) is 0 Å². The van der Waals surface area contributed by atoms with Gasteiger partial charge in [0.25, 0.3) is 0 Å². The molecule has 0 radical (unpaired) electrons. The monoisotopic (exact) mass is 284 g/mol. The van der Waals surface area contributed by atoms with Gasteiger partial charge in [-0.25, -0.2) is 4.98 Å². The first kappa shape index (κ1) is 14.1. The van der Waals surface area contributed by atoms with E-state index in [1.807, 2.05) is 12.1 Å². The van der Waals surface area contributed by atoms with Crippen LogP contribution in [-0.4, -0.2) is 22.6 Å². The van der Waals surface area contributed by atoms with Gasteiger partial charge in [0.15, 0.2) is 0 Å². The van der Waals surface area contributed by atoms with E-state index in [0.29, 0.717) is 6.04 Å². The Morgan fingerprint density at radius 1 is 1.14 bits per heavy atom. The first-order valence-corrected chi connectivity index (χ1v) is 8.09. The predicted octanol–water partition coefficient (Wildman–Crippen LogP) is 4.05. The normalized spacial score (nSPS) is 20.5. The highest BCUT2D eigenvalue weighted by Gasteiger charge is 2.36. The highest BCUT2D eigenvalue weighted by atomic mass is 15.2. The van der Waals surface area contributed by atoms with Crippen molar-refractivity contribution in [3.8, 4) is 0 Å². The second-order valence-electron chi connectivity index (χ2n) is 5.88. The highest BCUT2D eigenvalue weighted by molar-refractivity contribution is 5.90. The first-order chi connectivity index (χ1) is 10.3. The Hall–Kier alpha value is -1.84. The summed E-state index contributed by atoms with van der Waals surface area (Å²) in [5, 5.41) is 8.03. The highest BCUT2D eigenvalue weighted by Crippen LogP contribution is 2.38. The lowest BCUT2D eigenvalue weighted by molar-refractivity contribution is 0.692. The molecule has 1 aromatic carbocycles. The lowest BCUT2D eigenvalue weighted by Gasteiger charge is -2.11. The zero-order valence-corrected chi connectivity index (χ0v) is 12.9. The van der Waals surface area contributed by atoms with Gasteiger partial charge in [0.05, 0.1) is 5.52 Å². The predicted molar refractivity (Wildman–Crippen MR) is 88.7 cm³/mol. The molecule has 1 saturated carbocycles. The molecule has 1 aliphatic carbocycles. The third kappa shape index (κ3) is 3.26. The Balaban J connectivity index is 1.84. The summed E-state index contributed by atoms with van der Waals surface area (Å²) >= 11 is 0. The van der Waals surface area contributed by atoms with E-state index >= 15 is 0 Å². The maximum atomic E-state index is 4.68. The van der Waals surface area contributed by atoms with Gasteiger partial charge in [0.1, 0.15) is 5.82 Å². The summed E-state index contributed by atoms with van der Waals surface area (Å²) in [5.74, 6) is 2.52. The van der Waals surface area contributed by atoms with Crippen molar-refractivity contribution in [1.82, 2.24) is 9.97 Å². The minimum atomic E-state index is 0.585. The Labute approximate surface area is 126 Å². The Kier molecular flexibility index (Phi) is 4.23. The lowest BCUT2D eigenvalue weighted by atomic mass is 10.2. The van der Waals surface area contributed by atoms with Gasteiger partial charge in [-0.1, -0.05) is 32.4 Å². The van der Waals surface area contributed by atoms with Crippen molar-refractivity contribution in [3.63, 3.8) is 0 Å². The van der Waals surface area contributed by atoms with Crippen LogP contribution in [0.1, 0.15) is 39.5 Å². The smallest absolute Gasteiger partial charge is 0.225 e. The van der Waals surface area contributed by atoms with Crippen LogP contribution in [0.25, 0.3) is 10.9 Å². The van der Waals surface area contributed by atoms with Crippen LogP contribution in [-0.2, 0) is 0 Å². The molecule has 2 N–H and O–H groups in total. The van der Waals surface area contributed by atoms with Gasteiger partial charge in [-0.3, -0.25) is 0 Å². The zero-order chi connectivity index (χ0) is 14.7. The van der Waals surface area contributed by atoms with Gasteiger partial charge in [0, 0.05) is 18.0 Å². The molecule has 21 heavy (non-hydrogen) atoms. The van der Waals surface area contributed by atoms with Gasteiger partial charge >= 0.3 is 0 Å². The van der Waals surface area contributed by atoms with E-state index < -0.39 is 0 Å². The molecule has 1 aromatic heterocycles. The molecule has 4 heteroatoms. The van der Waals surface area contributed by atoms with Gasteiger partial charge in [0.2, 0.25) is 5.95 Å². The summed E-state index contributed by atoms with van der Waals surface area (Å²) in [6, 6.07) is 8.81. The van der Waals surface area contributed by atoms with Crippen molar-refractivity contribution in [1.29, 1.82) is 0 Å². The average molecular weight is 284 g/mol. The van der Waals surface area contributed by atoms with Gasteiger partial charge < -0.3 is 10.6 Å². The van der Waals surface area contributed by atoms with Crippen molar-refractivity contribution in [2.45, 2.75) is 45.6 Å². The zero-order valence-electron chi connectivity index (χ0n) is 12.9. The van der Waals surface area contributed by atoms with Gasteiger partial charge in [-0.15, -0.1) is 0 Å². The van der Waals surface area contributed by atoms with Crippen LogP contribution in [0, 0.1) is 5.92 Å². The largest absolute Gasteiger partial charge is 0.366 e. The van der Waals surface area contributed by atoms with Crippen LogP contribution in [0.15, 0.2) is 24.3 Å². The Bertz CT molecular complexity index is 611. The fraction of sp³-hybridized carbons (Fsp3) is 0.529. The molecule has 2 atom stereocenters. The molecule has 1 heterocycles. The van der Waals surface area contributed by atoms with Crippen LogP contribution < -0.4 is 10.6 Å². The second-order valence-corrected chi connectivity index (χ2v) is 5.88. The molecule has 1 aliphatic rings. The number of nitrogens with one attached hydrogen (secondary N) is 2. The van der Waals surface area contributed by atoms with Crippen LogP contribution in [0.3, 0.4) is 0 Å². The molecule has 0 spiro atoms. The van der Waals surface area contributed by atoms with Crippen LogP contribution >= 0.6 is 0 Å². The van der Waals surface area contributed by atoms with E-state index in [1.54, 1.807) is 0 Å². The molecule has 2 aromatic rings. The number of hydrogen-bond acceptors (Lipinski definition) is 4. The summed E-state index contributed by atoms with van der Waals surface area (Å²) in [6.45, 7) is 5.30. The first-order valence-electron chi connectivity index (χ1n) is 8.09. The van der Waals surface area contributed by atoms with Crippen LogP contribution in [0.4, 0.5) is 11.8 Å². The van der Waals surface area contributed by atoms with Crippen molar-refractivity contribution in [2.24, 2.45) is 5.92 Å². The average Bonchev–Trinajstić information content (AvgIpc) is 3.23. The second kappa shape index (κ2) is 6.29. The number of nitrogens with zero attached hydrogens (tertiary/aromatic N) is 2. The fourth-order valence-electron chi connectivity index (χ4n) is 2.79. The number of fused-ring (bicyclic) bond motifs is 1. The van der Waals surface area contributed by atoms with Crippen molar-refractivity contribution < 1.29 is 0 Å². The topological polar surface area (TPSA) is 49.8 Å². The molecule has 3 rings (SSSR count). The number of rotatable bonds is 7. The van der Waals surface area contributed by atoms with E-state index in [-0.39, 0.29) is 0 Å². The maximum absolute atomic E-state index is 4.68. The molecule has 2 unspecified atom stereocenters. The quantitative estimate of drug-likeness (QED) is 0.805. The van der Waals surface area contributed by atoms with E-state index in [1.165, 1.54) is 19.3 Å². The summed E-state index contributed by atoms with van der Waals surface area (Å²) < 4.78 is 0. The Morgan fingerprint density at radius 3 is 2.81 bits per heavy atom. The summed E-state index contributed by atoms with van der Waals surface area (Å²) in [5.41, 5.74) is 1.00. The molecular weight excluding hydrogens is 260 g/mol. The number of anilines is 2. The van der Waals surface area contributed by atoms with Gasteiger partial charge in [-0.05, 0) is 37.3 Å². The summed E-state index contributed by atoms with van der Waals surface area (Å²) in [7, 11) is 0. The van der Waals surface area contributed by atoms with Crippen molar-refractivity contribution in [3.05, 3.63) is 24.3 Å². The minimum Gasteiger partial charge on any atom is -0.366 e. The fourth-order valence-corrected chi connectivity index (χ4v) is 2.79. The summed E-state index contributed by atoms with van der Waals surface area (Å²) in [6.07, 6.45) is 4.91. The van der Waals surface area contributed by atoms with Crippen LogP contribution in [0.2, 0.25) is 0 Å². The molecule has 112 valence electrons. The Morgan fingerprint density at radius 2 is 2.00 bits per heavy atom. The lowest BCUT2D eigenvalue weighted by Crippen LogP contribution is -2.10. The number of hydrogen-bond donors (Lipinski definition) is 2. The molecule has 1 fully saturated rings. The van der Waals surface area contributed by atoms with Crippen molar-refractivity contribution >= 4 is 22.7 Å². The van der Waals surface area contributed by atoms with E-state index in [2.05, 4.69) is 46.6 Å². The number of aromatic nitrogens is 2. The molecule has 0 bridgehead atoms. The molecular formula is C17H24N4. The molecule has 0 saturated heterocycles. The third-order valence-electron chi connectivity index (χ3n) is 4.04. The minimum absolute atomic E-state index is 0.585. The third-order valence-corrected chi connectivity index (χ3v) is 4.04. The van der Waals surface area contributed by atoms with Crippen molar-refractivity contribution in [2.75, 3.05) is 17.2 Å². The number of benzene rings is 1. The maximum Gasteiger partial charge on any atom is 0.225 e. The number of para-hydroxylation sites is 1. The summed E-state index contributed by atoms with van der Waals surface area (Å²) in [4.78, 5) is 9.27. The van der Waals surface area contributed by atoms with E-state index in [4.69, 9.17) is 0 Å². The van der Waals surface area contributed by atoms with E-state index in [0.717, 1.165) is 41.6 Å². The SMILES string of the molecule is CCCNc1nc(NC2CC2CCC)c2ccccc2n1.